The number of amides is 1. The van der Waals surface area contributed by atoms with E-state index in [0.29, 0.717) is 27.0 Å². The molecule has 3 nitrogen and oxygen atoms in total. The minimum absolute atomic E-state index is 0.253. The lowest BCUT2D eigenvalue weighted by molar-refractivity contribution is 0.0993. The van der Waals surface area contributed by atoms with Crippen molar-refractivity contribution in [3.05, 3.63) is 56.5 Å². The van der Waals surface area contributed by atoms with E-state index in [1.165, 1.54) is 4.90 Å². The fraction of sp³-hybridized carbons (Fsp3) is 0.0714. The van der Waals surface area contributed by atoms with Gasteiger partial charge in [0.15, 0.2) is 0 Å². The fourth-order valence-electron chi connectivity index (χ4n) is 1.76. The molecule has 0 radical (unpaired) electrons. The summed E-state index contributed by atoms with van der Waals surface area (Å²) in [6.07, 6.45) is 0. The van der Waals surface area contributed by atoms with Crippen LogP contribution < -0.4 is 10.6 Å². The summed E-state index contributed by atoms with van der Waals surface area (Å²) in [4.78, 5) is 13.9. The summed E-state index contributed by atoms with van der Waals surface area (Å²) in [5.41, 5.74) is 7.29. The van der Waals surface area contributed by atoms with E-state index >= 15 is 0 Å². The zero-order chi connectivity index (χ0) is 14.9. The van der Waals surface area contributed by atoms with Crippen molar-refractivity contribution in [2.24, 2.45) is 0 Å². The van der Waals surface area contributed by atoms with Gasteiger partial charge in [-0.2, -0.15) is 0 Å². The maximum Gasteiger partial charge on any atom is 0.259 e. The number of nitrogen functional groups attached to an aromatic ring is 1. The molecule has 0 aromatic heterocycles. The molecule has 0 unspecified atom stereocenters. The highest BCUT2D eigenvalue weighted by atomic mass is 79.9. The molecule has 20 heavy (non-hydrogen) atoms. The van der Waals surface area contributed by atoms with Gasteiger partial charge in [0.05, 0.1) is 22.0 Å². The normalized spacial score (nSPS) is 10.4. The smallest absolute Gasteiger partial charge is 0.259 e. The van der Waals surface area contributed by atoms with E-state index in [4.69, 9.17) is 28.9 Å². The zero-order valence-corrected chi connectivity index (χ0v) is 13.6. The van der Waals surface area contributed by atoms with Crippen molar-refractivity contribution in [2.75, 3.05) is 17.7 Å². The van der Waals surface area contributed by atoms with E-state index in [0.717, 1.165) is 4.47 Å². The van der Waals surface area contributed by atoms with E-state index in [2.05, 4.69) is 15.9 Å². The monoisotopic (exact) mass is 372 g/mol. The number of hydrogen-bond acceptors (Lipinski definition) is 2. The average molecular weight is 374 g/mol. The molecular formula is C14H11BrCl2N2O. The number of carbonyl (C=O) groups excluding carboxylic acids is 1. The Morgan fingerprint density at radius 1 is 1.20 bits per heavy atom. The Balaban J connectivity index is 2.40. The number of nitrogens with two attached hydrogens (primary N) is 1. The van der Waals surface area contributed by atoms with Crippen LogP contribution in [0, 0.1) is 0 Å². The molecule has 1 amide bonds. The lowest BCUT2D eigenvalue weighted by Gasteiger charge is -2.20. The third-order valence-corrected chi connectivity index (χ3v) is 3.86. The molecule has 2 N–H and O–H groups in total. The molecule has 0 bridgehead atoms. The molecule has 0 fully saturated rings. The van der Waals surface area contributed by atoms with Crippen molar-refractivity contribution >= 4 is 56.4 Å². The first-order valence-corrected chi connectivity index (χ1v) is 7.23. The standard InChI is InChI=1S/C14H11BrCl2N2O/c1-19(13-7-9(16)3-5-12(13)18)14(20)10-4-2-8(15)6-11(10)17/h2-7H,18H2,1H3. The second-order valence-electron chi connectivity index (χ2n) is 4.19. The Morgan fingerprint density at radius 2 is 1.90 bits per heavy atom. The molecule has 0 atom stereocenters. The summed E-state index contributed by atoms with van der Waals surface area (Å²) in [7, 11) is 1.63. The Bertz CT molecular complexity index is 676. The van der Waals surface area contributed by atoms with Gasteiger partial charge in [0.1, 0.15) is 0 Å². The molecule has 2 rings (SSSR count). The van der Waals surface area contributed by atoms with Gasteiger partial charge in [-0.1, -0.05) is 39.1 Å². The zero-order valence-electron chi connectivity index (χ0n) is 10.5. The third-order valence-electron chi connectivity index (χ3n) is 2.82. The first-order chi connectivity index (χ1) is 9.40. The SMILES string of the molecule is CN(C(=O)c1ccc(Br)cc1Cl)c1cc(Cl)ccc1N. The van der Waals surface area contributed by atoms with Crippen molar-refractivity contribution in [3.63, 3.8) is 0 Å². The summed E-state index contributed by atoms with van der Waals surface area (Å²) in [5.74, 6) is -0.253. The Hall–Kier alpha value is -1.23. The van der Waals surface area contributed by atoms with Crippen LogP contribution in [0.1, 0.15) is 10.4 Å². The van der Waals surface area contributed by atoms with Gasteiger partial charge in [0.25, 0.3) is 5.91 Å². The van der Waals surface area contributed by atoms with Gasteiger partial charge >= 0.3 is 0 Å². The van der Waals surface area contributed by atoms with Crippen LogP contribution in [0.2, 0.25) is 10.0 Å². The Labute approximate surface area is 135 Å². The van der Waals surface area contributed by atoms with Gasteiger partial charge in [-0.15, -0.1) is 0 Å². The first-order valence-electron chi connectivity index (χ1n) is 5.68. The lowest BCUT2D eigenvalue weighted by Crippen LogP contribution is -2.27. The molecule has 104 valence electrons. The van der Waals surface area contributed by atoms with Crippen molar-refractivity contribution in [1.82, 2.24) is 0 Å². The van der Waals surface area contributed by atoms with Crippen LogP contribution in [0.15, 0.2) is 40.9 Å². The maximum absolute atomic E-state index is 12.5. The molecular weight excluding hydrogens is 363 g/mol. The summed E-state index contributed by atoms with van der Waals surface area (Å²) in [5, 5.41) is 0.882. The second kappa shape index (κ2) is 6.04. The van der Waals surface area contributed by atoms with Crippen molar-refractivity contribution in [1.29, 1.82) is 0 Å². The van der Waals surface area contributed by atoms with Gasteiger partial charge in [0.2, 0.25) is 0 Å². The summed E-state index contributed by atoms with van der Waals surface area (Å²) in [6, 6.07) is 10.1. The topological polar surface area (TPSA) is 46.3 Å². The minimum atomic E-state index is -0.253. The summed E-state index contributed by atoms with van der Waals surface area (Å²) >= 11 is 15.3. The van der Waals surface area contributed by atoms with Gasteiger partial charge in [-0.05, 0) is 36.4 Å². The maximum atomic E-state index is 12.5. The highest BCUT2D eigenvalue weighted by Crippen LogP contribution is 2.29. The van der Waals surface area contributed by atoms with E-state index in [9.17, 15) is 4.79 Å². The minimum Gasteiger partial charge on any atom is -0.397 e. The summed E-state index contributed by atoms with van der Waals surface area (Å²) in [6.45, 7) is 0. The quantitative estimate of drug-likeness (QED) is 0.781. The second-order valence-corrected chi connectivity index (χ2v) is 5.95. The number of nitrogens with zero attached hydrogens (tertiary/aromatic N) is 1. The predicted octanol–water partition coefficient (Wildman–Crippen LogP) is 4.61. The predicted molar refractivity (Wildman–Crippen MR) is 87.7 cm³/mol. The number of rotatable bonds is 2. The van der Waals surface area contributed by atoms with Crippen LogP contribution in [0.3, 0.4) is 0 Å². The van der Waals surface area contributed by atoms with Crippen LogP contribution in [-0.2, 0) is 0 Å². The fourth-order valence-corrected chi connectivity index (χ4v) is 2.68. The molecule has 2 aromatic carbocycles. The van der Waals surface area contributed by atoms with Crippen LogP contribution in [-0.4, -0.2) is 13.0 Å². The van der Waals surface area contributed by atoms with Gasteiger partial charge in [0, 0.05) is 16.5 Å². The molecule has 0 spiro atoms. The van der Waals surface area contributed by atoms with Crippen molar-refractivity contribution in [2.45, 2.75) is 0 Å². The molecule has 0 saturated carbocycles. The van der Waals surface area contributed by atoms with Gasteiger partial charge in [-0.25, -0.2) is 0 Å². The highest BCUT2D eigenvalue weighted by molar-refractivity contribution is 9.10. The van der Waals surface area contributed by atoms with Crippen molar-refractivity contribution in [3.8, 4) is 0 Å². The number of hydrogen-bond donors (Lipinski definition) is 1. The molecule has 2 aromatic rings. The number of anilines is 2. The number of benzene rings is 2. The average Bonchev–Trinajstić information content (AvgIpc) is 2.40. The van der Waals surface area contributed by atoms with Crippen LogP contribution in [0.5, 0.6) is 0 Å². The van der Waals surface area contributed by atoms with Crippen LogP contribution in [0.25, 0.3) is 0 Å². The Kier molecular flexibility index (Phi) is 4.58. The molecule has 0 heterocycles. The highest BCUT2D eigenvalue weighted by Gasteiger charge is 2.18. The van der Waals surface area contributed by atoms with E-state index in [1.54, 1.807) is 43.4 Å². The largest absolute Gasteiger partial charge is 0.397 e. The van der Waals surface area contributed by atoms with Crippen molar-refractivity contribution < 1.29 is 4.79 Å². The Morgan fingerprint density at radius 3 is 2.55 bits per heavy atom. The first kappa shape index (κ1) is 15.2. The number of carbonyl (C=O) groups is 1. The molecule has 0 aliphatic carbocycles. The molecule has 0 saturated heterocycles. The molecule has 0 aliphatic rings. The van der Waals surface area contributed by atoms with E-state index < -0.39 is 0 Å². The van der Waals surface area contributed by atoms with E-state index in [1.807, 2.05) is 0 Å². The number of halogens is 3. The molecule has 6 heteroatoms. The van der Waals surface area contributed by atoms with Gasteiger partial charge < -0.3 is 10.6 Å². The lowest BCUT2D eigenvalue weighted by atomic mass is 10.1. The van der Waals surface area contributed by atoms with E-state index in [-0.39, 0.29) is 5.91 Å². The third kappa shape index (κ3) is 3.08. The van der Waals surface area contributed by atoms with Gasteiger partial charge in [-0.3, -0.25) is 4.79 Å². The van der Waals surface area contributed by atoms with Crippen LogP contribution >= 0.6 is 39.1 Å². The van der Waals surface area contributed by atoms with Crippen LogP contribution in [0.4, 0.5) is 11.4 Å². The molecule has 0 aliphatic heterocycles. The summed E-state index contributed by atoms with van der Waals surface area (Å²) < 4.78 is 0.809.